The zero-order valence-electron chi connectivity index (χ0n) is 14.5. The molecule has 0 aromatic heterocycles. The molecule has 2 atom stereocenters. The van der Waals surface area contributed by atoms with E-state index in [1.165, 1.54) is 0 Å². The molecule has 1 rings (SSSR count). The summed E-state index contributed by atoms with van der Waals surface area (Å²) >= 11 is 0. The van der Waals surface area contributed by atoms with Crippen LogP contribution in [0.2, 0.25) is 0 Å². The fraction of sp³-hybridized carbons (Fsp3) is 0.611. The van der Waals surface area contributed by atoms with Gasteiger partial charge in [0, 0.05) is 6.16 Å². The average Bonchev–Trinajstić information content (AvgIpc) is 2.62. The van der Waals surface area contributed by atoms with Crippen molar-refractivity contribution in [2.24, 2.45) is 11.8 Å². The molecule has 5 nitrogen and oxygen atoms in total. The van der Waals surface area contributed by atoms with Crippen LogP contribution in [0.25, 0.3) is 0 Å². The van der Waals surface area contributed by atoms with Crippen molar-refractivity contribution in [1.29, 1.82) is 0 Å². The standard InChI is InChI=1S/C18H30NO4P/c1-16(18(20)23-19)11-7-4-2-3-5-10-14-24(21)22-15-17-12-8-6-9-13-17/h6,8-9,12-13,16,24H,2-5,7,10-11,14-15,19H2,1H3. The zero-order chi connectivity index (χ0) is 17.6. The van der Waals surface area contributed by atoms with Crippen molar-refractivity contribution in [1.82, 2.24) is 0 Å². The van der Waals surface area contributed by atoms with Crippen LogP contribution in [0.1, 0.15) is 57.4 Å². The van der Waals surface area contributed by atoms with E-state index in [4.69, 9.17) is 10.4 Å². The molecule has 0 saturated heterocycles. The molecule has 0 aliphatic heterocycles. The Morgan fingerprint density at radius 2 is 1.71 bits per heavy atom. The molecule has 0 aliphatic carbocycles. The van der Waals surface area contributed by atoms with Gasteiger partial charge in [-0.15, -0.1) is 0 Å². The van der Waals surface area contributed by atoms with Gasteiger partial charge in [0.1, 0.15) is 0 Å². The summed E-state index contributed by atoms with van der Waals surface area (Å²) in [7, 11) is -1.92. The lowest BCUT2D eigenvalue weighted by Crippen LogP contribution is -2.18. The number of unbranched alkanes of at least 4 members (excludes halogenated alkanes) is 5. The fourth-order valence-electron chi connectivity index (χ4n) is 2.47. The van der Waals surface area contributed by atoms with Gasteiger partial charge >= 0.3 is 5.97 Å². The van der Waals surface area contributed by atoms with Crippen LogP contribution >= 0.6 is 8.03 Å². The summed E-state index contributed by atoms with van der Waals surface area (Å²) in [6.07, 6.45) is 7.87. The molecule has 24 heavy (non-hydrogen) atoms. The molecule has 0 saturated carbocycles. The van der Waals surface area contributed by atoms with Gasteiger partial charge in [0.25, 0.3) is 0 Å². The molecular weight excluding hydrogens is 325 g/mol. The lowest BCUT2D eigenvalue weighted by molar-refractivity contribution is -0.148. The summed E-state index contributed by atoms with van der Waals surface area (Å²) in [6.45, 7) is 2.27. The van der Waals surface area contributed by atoms with Crippen molar-refractivity contribution >= 4 is 14.0 Å². The van der Waals surface area contributed by atoms with Gasteiger partial charge in [0.2, 0.25) is 0 Å². The highest BCUT2D eigenvalue weighted by Gasteiger charge is 2.12. The first-order valence-corrected chi connectivity index (χ1v) is 10.3. The Hall–Kier alpha value is -1.16. The quantitative estimate of drug-likeness (QED) is 0.321. The van der Waals surface area contributed by atoms with E-state index in [-0.39, 0.29) is 11.9 Å². The monoisotopic (exact) mass is 355 g/mol. The molecule has 2 N–H and O–H groups in total. The lowest BCUT2D eigenvalue weighted by Gasteiger charge is -2.08. The van der Waals surface area contributed by atoms with Crippen molar-refractivity contribution in [3.05, 3.63) is 35.9 Å². The third kappa shape index (κ3) is 9.86. The van der Waals surface area contributed by atoms with Gasteiger partial charge < -0.3 is 9.36 Å². The Morgan fingerprint density at radius 3 is 2.38 bits per heavy atom. The molecule has 1 aromatic rings. The van der Waals surface area contributed by atoms with Crippen molar-refractivity contribution in [2.45, 2.75) is 58.5 Å². The van der Waals surface area contributed by atoms with E-state index < -0.39 is 8.03 Å². The van der Waals surface area contributed by atoms with Crippen LogP contribution in [0.15, 0.2) is 30.3 Å². The van der Waals surface area contributed by atoms with Crippen LogP contribution < -0.4 is 5.90 Å². The van der Waals surface area contributed by atoms with Crippen molar-refractivity contribution < 1.29 is 18.7 Å². The molecule has 0 amide bonds. The summed E-state index contributed by atoms with van der Waals surface area (Å²) in [5.74, 6) is 4.39. The third-order valence-corrected chi connectivity index (χ3v) is 5.26. The molecule has 0 aliphatic rings. The Bertz CT molecular complexity index is 481. The minimum atomic E-state index is -1.92. The first-order valence-electron chi connectivity index (χ1n) is 8.73. The Kier molecular flexibility index (Phi) is 11.5. The topological polar surface area (TPSA) is 78.6 Å². The maximum absolute atomic E-state index is 11.8. The Morgan fingerprint density at radius 1 is 1.08 bits per heavy atom. The molecule has 1 aromatic carbocycles. The van der Waals surface area contributed by atoms with Crippen LogP contribution in [0.4, 0.5) is 0 Å². The van der Waals surface area contributed by atoms with Crippen LogP contribution in [-0.4, -0.2) is 12.1 Å². The minimum absolute atomic E-state index is 0.123. The SMILES string of the molecule is CC(CCCCCCCC[PH](=O)OCc1ccccc1)C(=O)ON. The molecule has 6 heteroatoms. The maximum Gasteiger partial charge on any atom is 0.327 e. The van der Waals surface area contributed by atoms with Crippen LogP contribution in [0.5, 0.6) is 0 Å². The summed E-state index contributed by atoms with van der Waals surface area (Å²) in [5.41, 5.74) is 1.06. The molecule has 2 unspecified atom stereocenters. The van der Waals surface area contributed by atoms with Gasteiger partial charge in [-0.2, -0.15) is 5.90 Å². The number of carbonyl (C=O) groups is 1. The summed E-state index contributed by atoms with van der Waals surface area (Å²) in [5, 5.41) is 0. The van der Waals surface area contributed by atoms with E-state index in [9.17, 15) is 9.36 Å². The van der Waals surface area contributed by atoms with E-state index >= 15 is 0 Å². The lowest BCUT2D eigenvalue weighted by atomic mass is 10.0. The third-order valence-electron chi connectivity index (χ3n) is 4.03. The molecule has 0 bridgehead atoms. The maximum atomic E-state index is 11.8. The van der Waals surface area contributed by atoms with E-state index in [1.807, 2.05) is 37.3 Å². The number of hydrogen-bond donors (Lipinski definition) is 1. The summed E-state index contributed by atoms with van der Waals surface area (Å²) in [6, 6.07) is 9.81. The number of benzene rings is 1. The van der Waals surface area contributed by atoms with Gasteiger partial charge in [-0.25, -0.2) is 0 Å². The second-order valence-corrected chi connectivity index (χ2v) is 7.68. The molecule has 0 spiro atoms. The molecule has 0 radical (unpaired) electrons. The van der Waals surface area contributed by atoms with Gasteiger partial charge in [-0.3, -0.25) is 9.36 Å². The first kappa shape index (κ1) is 20.9. The van der Waals surface area contributed by atoms with E-state index in [0.29, 0.717) is 12.8 Å². The van der Waals surface area contributed by atoms with Crippen LogP contribution in [-0.2, 0) is 25.3 Å². The van der Waals surface area contributed by atoms with E-state index in [1.54, 1.807) is 0 Å². The second-order valence-electron chi connectivity index (χ2n) is 6.14. The predicted octanol–water partition coefficient (Wildman–Crippen LogP) is 4.46. The second kappa shape index (κ2) is 13.2. The molecule has 0 heterocycles. The molecular formula is C18H30NO4P. The molecule has 0 fully saturated rings. The highest BCUT2D eigenvalue weighted by molar-refractivity contribution is 7.39. The number of carbonyl (C=O) groups excluding carboxylic acids is 1. The van der Waals surface area contributed by atoms with Gasteiger partial charge in [-0.1, -0.05) is 69.4 Å². The Labute approximate surface area is 145 Å². The number of hydrogen-bond acceptors (Lipinski definition) is 5. The number of nitrogens with two attached hydrogens (primary N) is 1. The predicted molar refractivity (Wildman–Crippen MR) is 96.9 cm³/mol. The summed E-state index contributed by atoms with van der Waals surface area (Å²) < 4.78 is 17.3. The summed E-state index contributed by atoms with van der Waals surface area (Å²) in [4.78, 5) is 15.4. The average molecular weight is 355 g/mol. The Balaban J connectivity index is 1.93. The van der Waals surface area contributed by atoms with Crippen molar-refractivity contribution in [3.8, 4) is 0 Å². The van der Waals surface area contributed by atoms with Gasteiger partial charge in [0.15, 0.2) is 8.03 Å². The number of rotatable bonds is 13. The van der Waals surface area contributed by atoms with Crippen molar-refractivity contribution in [3.63, 3.8) is 0 Å². The zero-order valence-corrected chi connectivity index (χ0v) is 15.5. The highest BCUT2D eigenvalue weighted by Crippen LogP contribution is 2.26. The molecule has 136 valence electrons. The van der Waals surface area contributed by atoms with Crippen LogP contribution in [0.3, 0.4) is 0 Å². The smallest absolute Gasteiger partial charge is 0.327 e. The normalized spacial score (nSPS) is 13.4. The largest absolute Gasteiger partial charge is 0.373 e. The minimum Gasteiger partial charge on any atom is -0.373 e. The van der Waals surface area contributed by atoms with Crippen molar-refractivity contribution in [2.75, 3.05) is 6.16 Å². The van der Waals surface area contributed by atoms with Crippen LogP contribution in [0, 0.1) is 5.92 Å². The van der Waals surface area contributed by atoms with Gasteiger partial charge in [0.05, 0.1) is 12.5 Å². The fourth-order valence-corrected chi connectivity index (χ4v) is 3.48. The van der Waals surface area contributed by atoms with E-state index in [0.717, 1.165) is 50.5 Å². The highest BCUT2D eigenvalue weighted by atomic mass is 31.1. The van der Waals surface area contributed by atoms with Gasteiger partial charge in [-0.05, 0) is 18.4 Å². The first-order chi connectivity index (χ1) is 11.6. The van der Waals surface area contributed by atoms with E-state index in [2.05, 4.69) is 4.84 Å².